The molecule has 9 aromatic carbocycles. The van der Waals surface area contributed by atoms with Crippen LogP contribution < -0.4 is 4.90 Å². The van der Waals surface area contributed by atoms with E-state index in [1.807, 2.05) is 0 Å². The van der Waals surface area contributed by atoms with Gasteiger partial charge >= 0.3 is 0 Å². The Balaban J connectivity index is 0.864. The number of para-hydroxylation sites is 6. The first-order valence-electron chi connectivity index (χ1n) is 24.7. The standard InChI is InChI=1S/C66H46N4/c1-3-15-47(16-4-1)68-60-23-11-7-19-52(60)56-39-45(31-37-64(56)68)43-27-33-49(34-28-43)67(51-41-58-54-21-9-13-25-62(54)70-63-26-14-10-22-55(63)59(42-51)66(58)70)50-35-29-44(30-36-50)46-32-38-65-57(40-46)53-20-8-12-24-61(53)69(65)48-17-5-2-6-18-48/h1-29,31,33-35,37,39-42H,30,32,36,38H2. The lowest BCUT2D eigenvalue weighted by Crippen LogP contribution is -2.18. The Hall–Kier alpha value is -8.86. The molecule has 0 saturated carbocycles. The first kappa shape index (κ1) is 39.2. The molecule has 15 rings (SSSR count). The molecule has 0 bridgehead atoms. The fourth-order valence-electron chi connectivity index (χ4n) is 12.3. The van der Waals surface area contributed by atoms with Crippen molar-refractivity contribution in [1.82, 2.24) is 13.5 Å². The second kappa shape index (κ2) is 15.3. The molecule has 0 atom stereocenters. The molecule has 0 radical (unpaired) electrons. The highest BCUT2D eigenvalue weighted by Crippen LogP contribution is 2.46. The summed E-state index contributed by atoms with van der Waals surface area (Å²) >= 11 is 0. The molecule has 0 amide bonds. The predicted molar refractivity (Wildman–Crippen MR) is 294 cm³/mol. The van der Waals surface area contributed by atoms with Crippen molar-refractivity contribution in [1.29, 1.82) is 0 Å². The molecule has 13 aromatic rings. The van der Waals surface area contributed by atoms with E-state index in [-0.39, 0.29) is 0 Å². The molecule has 0 spiro atoms. The fraction of sp³-hybridized carbons (Fsp3) is 0.0606. The molecule has 2 aliphatic carbocycles. The van der Waals surface area contributed by atoms with Gasteiger partial charge in [0.05, 0.1) is 33.1 Å². The number of aromatic nitrogens is 3. The van der Waals surface area contributed by atoms with Crippen LogP contribution in [-0.4, -0.2) is 13.5 Å². The third-order valence-corrected chi connectivity index (χ3v) is 15.4. The van der Waals surface area contributed by atoms with E-state index in [0.717, 1.165) is 31.4 Å². The van der Waals surface area contributed by atoms with Crippen molar-refractivity contribution < 1.29 is 0 Å². The van der Waals surface area contributed by atoms with E-state index >= 15 is 0 Å². The lowest BCUT2D eigenvalue weighted by Gasteiger charge is -2.31. The van der Waals surface area contributed by atoms with Crippen molar-refractivity contribution in [2.24, 2.45) is 0 Å². The second-order valence-corrected chi connectivity index (χ2v) is 19.1. The van der Waals surface area contributed by atoms with Crippen molar-refractivity contribution in [2.75, 3.05) is 4.90 Å². The molecule has 0 unspecified atom stereocenters. The third-order valence-electron chi connectivity index (χ3n) is 15.4. The van der Waals surface area contributed by atoms with Crippen LogP contribution in [0.2, 0.25) is 0 Å². The summed E-state index contributed by atoms with van der Waals surface area (Å²) in [6, 6.07) is 78.2. The Morgan fingerprint density at radius 1 is 0.343 bits per heavy atom. The van der Waals surface area contributed by atoms with Crippen molar-refractivity contribution in [3.8, 4) is 22.5 Å². The van der Waals surface area contributed by atoms with E-state index < -0.39 is 0 Å². The summed E-state index contributed by atoms with van der Waals surface area (Å²) in [6.45, 7) is 0. The third kappa shape index (κ3) is 5.83. The van der Waals surface area contributed by atoms with Crippen molar-refractivity contribution in [3.63, 3.8) is 0 Å². The van der Waals surface area contributed by atoms with E-state index in [4.69, 9.17) is 0 Å². The van der Waals surface area contributed by atoms with Crippen molar-refractivity contribution >= 4 is 88.3 Å². The Labute approximate surface area is 405 Å². The quantitative estimate of drug-likeness (QED) is 0.156. The predicted octanol–water partition coefficient (Wildman–Crippen LogP) is 17.3. The lowest BCUT2D eigenvalue weighted by molar-refractivity contribution is 0.822. The summed E-state index contributed by atoms with van der Waals surface area (Å²) < 4.78 is 7.34. The smallest absolute Gasteiger partial charge is 0.0622 e. The van der Waals surface area contributed by atoms with Crippen molar-refractivity contribution in [2.45, 2.75) is 25.7 Å². The first-order valence-corrected chi connectivity index (χ1v) is 24.7. The average Bonchev–Trinajstić information content (AvgIpc) is 4.16. The van der Waals surface area contributed by atoms with E-state index in [1.54, 1.807) is 0 Å². The summed E-state index contributed by atoms with van der Waals surface area (Å²) in [4.78, 5) is 2.54. The summed E-state index contributed by atoms with van der Waals surface area (Å²) in [5.74, 6) is 0. The Morgan fingerprint density at radius 3 is 1.51 bits per heavy atom. The zero-order valence-electron chi connectivity index (χ0n) is 38.6. The number of nitrogens with zero attached hydrogens (tertiary/aromatic N) is 4. The van der Waals surface area contributed by atoms with Gasteiger partial charge in [-0.25, -0.2) is 0 Å². The summed E-state index contributed by atoms with van der Waals surface area (Å²) in [6.07, 6.45) is 11.3. The SMILES string of the molecule is C1=C(C2=Cc3c(n(-c4ccccc4)c4ccccc34)CC2)CCC(N(c2ccc(-c3ccc4c(c3)c3ccccc3n4-c3ccccc3)cc2)c2cc3c4ccccc4n4c5ccccc5c(c2)c34)=C1. The average molecular weight is 895 g/mol. The summed E-state index contributed by atoms with van der Waals surface area (Å²) in [7, 11) is 0. The highest BCUT2D eigenvalue weighted by Gasteiger charge is 2.26. The van der Waals surface area contributed by atoms with E-state index in [1.165, 1.54) is 127 Å². The minimum Gasteiger partial charge on any atom is -0.314 e. The molecule has 0 N–H and O–H groups in total. The van der Waals surface area contributed by atoms with Crippen LogP contribution in [0.1, 0.15) is 30.5 Å². The number of hydrogen-bond donors (Lipinski definition) is 0. The molecule has 4 nitrogen and oxygen atoms in total. The molecular formula is C66H46N4. The van der Waals surface area contributed by atoms with Gasteiger partial charge in [-0.05, 0) is 145 Å². The number of allylic oxidation sites excluding steroid dienone is 5. The van der Waals surface area contributed by atoms with Crippen LogP contribution in [0.15, 0.2) is 241 Å². The minimum atomic E-state index is 0.928. The van der Waals surface area contributed by atoms with E-state index in [0.29, 0.717) is 0 Å². The van der Waals surface area contributed by atoms with Gasteiger partial charge in [0.25, 0.3) is 0 Å². The minimum absolute atomic E-state index is 0.928. The van der Waals surface area contributed by atoms with Gasteiger partial charge in [0.15, 0.2) is 0 Å². The van der Waals surface area contributed by atoms with Crippen LogP contribution in [0, 0.1) is 0 Å². The van der Waals surface area contributed by atoms with E-state index in [2.05, 4.69) is 249 Å². The fourth-order valence-corrected chi connectivity index (χ4v) is 12.3. The van der Waals surface area contributed by atoms with Gasteiger partial charge in [-0.2, -0.15) is 0 Å². The summed E-state index contributed by atoms with van der Waals surface area (Å²) in [5.41, 5.74) is 21.6. The molecule has 4 heteroatoms. The van der Waals surface area contributed by atoms with Crippen LogP contribution in [0.5, 0.6) is 0 Å². The van der Waals surface area contributed by atoms with Gasteiger partial charge in [0.1, 0.15) is 0 Å². The molecule has 4 aromatic heterocycles. The number of benzene rings is 9. The van der Waals surface area contributed by atoms with Gasteiger partial charge < -0.3 is 18.4 Å². The molecule has 0 saturated heterocycles. The zero-order chi connectivity index (χ0) is 45.9. The normalized spacial score (nSPS) is 14.0. The van der Waals surface area contributed by atoms with Crippen molar-refractivity contribution in [3.05, 3.63) is 253 Å². The number of rotatable bonds is 7. The lowest BCUT2D eigenvalue weighted by atomic mass is 9.86. The molecule has 0 fully saturated rings. The van der Waals surface area contributed by atoms with Crippen LogP contribution >= 0.6 is 0 Å². The molecular weight excluding hydrogens is 849 g/mol. The number of anilines is 2. The molecule has 2 aliphatic rings. The Morgan fingerprint density at radius 2 is 0.871 bits per heavy atom. The molecule has 330 valence electrons. The largest absolute Gasteiger partial charge is 0.314 e. The number of fused-ring (bicyclic) bond motifs is 12. The highest BCUT2D eigenvalue weighted by atomic mass is 15.1. The van der Waals surface area contributed by atoms with Crippen LogP contribution in [0.4, 0.5) is 11.4 Å². The van der Waals surface area contributed by atoms with Gasteiger partial charge in [-0.1, -0.05) is 133 Å². The Kier molecular flexibility index (Phi) is 8.58. The van der Waals surface area contributed by atoms with Crippen LogP contribution in [0.3, 0.4) is 0 Å². The molecule has 70 heavy (non-hydrogen) atoms. The summed E-state index contributed by atoms with van der Waals surface area (Å²) in [5, 5.41) is 8.99. The monoisotopic (exact) mass is 894 g/mol. The maximum Gasteiger partial charge on any atom is 0.0622 e. The van der Waals surface area contributed by atoms with E-state index in [9.17, 15) is 0 Å². The van der Waals surface area contributed by atoms with Crippen LogP contribution in [-0.2, 0) is 6.42 Å². The van der Waals surface area contributed by atoms with Gasteiger partial charge in [-0.15, -0.1) is 0 Å². The second-order valence-electron chi connectivity index (χ2n) is 19.1. The maximum absolute atomic E-state index is 2.54. The van der Waals surface area contributed by atoms with Gasteiger partial charge in [-0.3, -0.25) is 0 Å². The maximum atomic E-state index is 2.54. The van der Waals surface area contributed by atoms with Crippen LogP contribution in [0.25, 0.3) is 99.4 Å². The Bertz CT molecular complexity index is 4240. The topological polar surface area (TPSA) is 17.5 Å². The highest BCUT2D eigenvalue weighted by molar-refractivity contribution is 6.24. The zero-order valence-corrected chi connectivity index (χ0v) is 38.6. The molecule has 4 heterocycles. The van der Waals surface area contributed by atoms with Gasteiger partial charge in [0, 0.05) is 77.4 Å². The molecule has 0 aliphatic heterocycles. The first-order chi connectivity index (χ1) is 34.7. The van der Waals surface area contributed by atoms with Gasteiger partial charge in [0.2, 0.25) is 0 Å². The number of hydrogen-bond acceptors (Lipinski definition) is 1.